The molecule has 1 fully saturated rings. The van der Waals surface area contributed by atoms with Crippen LogP contribution in [0.15, 0.2) is 60.7 Å². The van der Waals surface area contributed by atoms with Gasteiger partial charge in [-0.1, -0.05) is 18.2 Å². The first-order valence-electron chi connectivity index (χ1n) is 12.3. The van der Waals surface area contributed by atoms with Gasteiger partial charge in [0.25, 0.3) is 5.91 Å². The van der Waals surface area contributed by atoms with E-state index in [0.717, 1.165) is 11.1 Å². The van der Waals surface area contributed by atoms with Crippen LogP contribution in [0.2, 0.25) is 0 Å². The lowest BCUT2D eigenvalue weighted by atomic mass is 9.87. The zero-order valence-electron chi connectivity index (χ0n) is 21.6. The van der Waals surface area contributed by atoms with Crippen molar-refractivity contribution in [2.45, 2.75) is 12.5 Å². The summed E-state index contributed by atoms with van der Waals surface area (Å²) in [5.74, 6) is 2.14. The zero-order valence-corrected chi connectivity index (χ0v) is 21.6. The molecule has 2 amide bonds. The maximum absolute atomic E-state index is 13.6. The summed E-state index contributed by atoms with van der Waals surface area (Å²) in [5, 5.41) is 3.05. The summed E-state index contributed by atoms with van der Waals surface area (Å²) in [6.45, 7) is 1.14. The summed E-state index contributed by atoms with van der Waals surface area (Å²) in [7, 11) is 4.73. The second-order valence-electron chi connectivity index (χ2n) is 9.17. The minimum atomic E-state index is -0.485. The minimum absolute atomic E-state index is 0.147. The average Bonchev–Trinajstić information content (AvgIpc) is 3.62. The number of fused-ring (bicyclic) bond motifs is 1. The van der Waals surface area contributed by atoms with Crippen LogP contribution < -0.4 is 29.0 Å². The highest BCUT2D eigenvalue weighted by molar-refractivity contribution is 5.95. The largest absolute Gasteiger partial charge is 0.497 e. The van der Waals surface area contributed by atoms with E-state index in [0.29, 0.717) is 47.4 Å². The van der Waals surface area contributed by atoms with E-state index in [2.05, 4.69) is 5.32 Å². The van der Waals surface area contributed by atoms with Gasteiger partial charge in [0.05, 0.1) is 27.2 Å². The van der Waals surface area contributed by atoms with Crippen LogP contribution in [0.3, 0.4) is 0 Å². The van der Waals surface area contributed by atoms with E-state index >= 15 is 0 Å². The first-order chi connectivity index (χ1) is 18.5. The van der Waals surface area contributed by atoms with E-state index in [1.54, 1.807) is 56.6 Å². The number of rotatable bonds is 8. The summed E-state index contributed by atoms with van der Waals surface area (Å²) >= 11 is 0. The highest BCUT2D eigenvalue weighted by Gasteiger charge is 2.42. The third kappa shape index (κ3) is 5.04. The first kappa shape index (κ1) is 25.3. The molecule has 38 heavy (non-hydrogen) atoms. The van der Waals surface area contributed by atoms with E-state index in [1.165, 1.54) is 0 Å². The van der Waals surface area contributed by atoms with Gasteiger partial charge in [0.1, 0.15) is 17.2 Å². The maximum atomic E-state index is 13.6. The van der Waals surface area contributed by atoms with Crippen LogP contribution in [-0.2, 0) is 11.3 Å². The molecular formula is C29H30N2O7. The van der Waals surface area contributed by atoms with Crippen molar-refractivity contribution in [2.75, 3.05) is 41.2 Å². The lowest BCUT2D eigenvalue weighted by Gasteiger charge is -2.21. The highest BCUT2D eigenvalue weighted by Crippen LogP contribution is 2.40. The number of amides is 2. The van der Waals surface area contributed by atoms with Crippen molar-refractivity contribution in [3.63, 3.8) is 0 Å². The quantitative estimate of drug-likeness (QED) is 0.487. The van der Waals surface area contributed by atoms with Gasteiger partial charge in [0.2, 0.25) is 12.7 Å². The standard InChI is InChI=1S/C29H30N2O7/c1-34-20-6-4-5-19(12-20)29(33)31-15-23(22-9-8-21(35-2)13-26(22)36-3)24(16-31)28(32)30-14-18-7-10-25-27(11-18)38-17-37-25/h4-13,23-24H,14-17H2,1-3H3,(H,30,32). The normalized spacial score (nSPS) is 17.7. The molecule has 2 atom stereocenters. The summed E-state index contributed by atoms with van der Waals surface area (Å²) < 4.78 is 27.1. The number of hydrogen-bond donors (Lipinski definition) is 1. The number of methoxy groups -OCH3 is 3. The van der Waals surface area contributed by atoms with E-state index in [4.69, 9.17) is 23.7 Å². The molecule has 5 rings (SSSR count). The number of ether oxygens (including phenoxy) is 5. The van der Waals surface area contributed by atoms with Crippen molar-refractivity contribution >= 4 is 11.8 Å². The smallest absolute Gasteiger partial charge is 0.254 e. The van der Waals surface area contributed by atoms with Gasteiger partial charge in [0.15, 0.2) is 11.5 Å². The Hall–Kier alpha value is -4.40. The molecule has 1 saturated heterocycles. The Morgan fingerprint density at radius 1 is 0.895 bits per heavy atom. The van der Waals surface area contributed by atoms with E-state index < -0.39 is 5.92 Å². The minimum Gasteiger partial charge on any atom is -0.497 e. The lowest BCUT2D eigenvalue weighted by molar-refractivity contribution is -0.125. The van der Waals surface area contributed by atoms with Crippen LogP contribution in [0.4, 0.5) is 0 Å². The molecule has 2 heterocycles. The van der Waals surface area contributed by atoms with Crippen molar-refractivity contribution in [3.05, 3.63) is 77.4 Å². The molecule has 9 nitrogen and oxygen atoms in total. The molecule has 0 aliphatic carbocycles. The van der Waals surface area contributed by atoms with Crippen molar-refractivity contribution < 1.29 is 33.3 Å². The summed E-state index contributed by atoms with van der Waals surface area (Å²) in [6, 6.07) is 18.2. The van der Waals surface area contributed by atoms with E-state index in [9.17, 15) is 9.59 Å². The zero-order chi connectivity index (χ0) is 26.6. The number of carbonyl (C=O) groups is 2. The Morgan fingerprint density at radius 2 is 1.68 bits per heavy atom. The Morgan fingerprint density at radius 3 is 2.47 bits per heavy atom. The Balaban J connectivity index is 1.39. The van der Waals surface area contributed by atoms with Gasteiger partial charge in [-0.2, -0.15) is 0 Å². The van der Waals surface area contributed by atoms with E-state index in [-0.39, 0.29) is 31.1 Å². The summed E-state index contributed by atoms with van der Waals surface area (Å²) in [6.07, 6.45) is 0. The van der Waals surface area contributed by atoms with Crippen LogP contribution in [0.5, 0.6) is 28.7 Å². The molecule has 0 saturated carbocycles. The molecule has 198 valence electrons. The lowest BCUT2D eigenvalue weighted by Crippen LogP contribution is -2.35. The fourth-order valence-corrected chi connectivity index (χ4v) is 4.99. The van der Waals surface area contributed by atoms with Crippen LogP contribution in [0.1, 0.15) is 27.4 Å². The van der Waals surface area contributed by atoms with Crippen molar-refractivity contribution in [1.29, 1.82) is 0 Å². The highest BCUT2D eigenvalue weighted by atomic mass is 16.7. The van der Waals surface area contributed by atoms with Gasteiger partial charge in [-0.3, -0.25) is 9.59 Å². The molecule has 3 aromatic carbocycles. The van der Waals surface area contributed by atoms with Crippen LogP contribution >= 0.6 is 0 Å². The number of nitrogens with one attached hydrogen (secondary N) is 1. The molecule has 9 heteroatoms. The van der Waals surface area contributed by atoms with E-state index in [1.807, 2.05) is 30.3 Å². The van der Waals surface area contributed by atoms with Gasteiger partial charge in [0, 0.05) is 42.7 Å². The summed E-state index contributed by atoms with van der Waals surface area (Å²) in [4.78, 5) is 28.8. The molecule has 0 bridgehead atoms. The third-order valence-electron chi connectivity index (χ3n) is 7.00. The predicted molar refractivity (Wildman–Crippen MR) is 139 cm³/mol. The van der Waals surface area contributed by atoms with Gasteiger partial charge in [-0.15, -0.1) is 0 Å². The fraction of sp³-hybridized carbons (Fsp3) is 0.310. The average molecular weight is 519 g/mol. The monoisotopic (exact) mass is 518 g/mol. The predicted octanol–water partition coefficient (Wildman–Crippen LogP) is 3.61. The molecule has 0 radical (unpaired) electrons. The fourth-order valence-electron chi connectivity index (χ4n) is 4.99. The molecule has 1 N–H and O–H groups in total. The van der Waals surface area contributed by atoms with Crippen molar-refractivity contribution in [3.8, 4) is 28.7 Å². The molecule has 0 aromatic heterocycles. The summed E-state index contributed by atoms with van der Waals surface area (Å²) in [5.41, 5.74) is 2.24. The SMILES string of the molecule is COc1cccc(C(=O)N2CC(C(=O)NCc3ccc4c(c3)OCO4)C(c3ccc(OC)cc3OC)C2)c1. The van der Waals surface area contributed by atoms with Gasteiger partial charge >= 0.3 is 0 Å². The maximum Gasteiger partial charge on any atom is 0.254 e. The molecule has 3 aromatic rings. The Bertz CT molecular complexity index is 1340. The van der Waals surface area contributed by atoms with Crippen LogP contribution in [-0.4, -0.2) is 57.9 Å². The number of hydrogen-bond acceptors (Lipinski definition) is 7. The van der Waals surface area contributed by atoms with Gasteiger partial charge in [-0.25, -0.2) is 0 Å². The first-order valence-corrected chi connectivity index (χ1v) is 12.3. The van der Waals surface area contributed by atoms with Gasteiger partial charge in [-0.05, 0) is 42.0 Å². The van der Waals surface area contributed by atoms with Crippen molar-refractivity contribution in [2.24, 2.45) is 5.92 Å². The number of likely N-dealkylation sites (tertiary alicyclic amines) is 1. The molecule has 0 spiro atoms. The molecular weight excluding hydrogens is 488 g/mol. The second kappa shape index (κ2) is 10.9. The second-order valence-corrected chi connectivity index (χ2v) is 9.17. The number of benzene rings is 3. The third-order valence-corrected chi connectivity index (χ3v) is 7.00. The number of carbonyl (C=O) groups excluding carboxylic acids is 2. The van der Waals surface area contributed by atoms with Gasteiger partial charge < -0.3 is 33.9 Å². The molecule has 2 aliphatic rings. The van der Waals surface area contributed by atoms with Crippen LogP contribution in [0, 0.1) is 5.92 Å². The Labute approximate surface area is 221 Å². The Kier molecular flexibility index (Phi) is 7.26. The molecule has 2 unspecified atom stereocenters. The van der Waals surface area contributed by atoms with Crippen molar-refractivity contribution in [1.82, 2.24) is 10.2 Å². The van der Waals surface area contributed by atoms with Crippen LogP contribution in [0.25, 0.3) is 0 Å². The number of nitrogens with zero attached hydrogens (tertiary/aromatic N) is 1. The topological polar surface area (TPSA) is 95.6 Å². The molecule has 2 aliphatic heterocycles.